The Labute approximate surface area is 215 Å². The summed E-state index contributed by atoms with van der Waals surface area (Å²) in [5.74, 6) is -0.684. The molecule has 3 atom stereocenters. The van der Waals surface area contributed by atoms with Crippen molar-refractivity contribution in [2.75, 3.05) is 18.9 Å². The van der Waals surface area contributed by atoms with Crippen LogP contribution in [-0.2, 0) is 15.0 Å². The second-order valence-electron chi connectivity index (χ2n) is 10.3. The molecule has 0 bridgehead atoms. The molecule has 0 unspecified atom stereocenters. The fourth-order valence-electron chi connectivity index (χ4n) is 5.67. The Bertz CT molecular complexity index is 1440. The van der Waals surface area contributed by atoms with E-state index in [2.05, 4.69) is 16.4 Å². The number of pyridine rings is 1. The van der Waals surface area contributed by atoms with E-state index in [1.807, 2.05) is 50.2 Å². The number of likely N-dealkylation sites (tertiary alicyclic amines) is 1. The zero-order valence-corrected chi connectivity index (χ0v) is 21.1. The molecule has 1 saturated heterocycles. The fraction of sp³-hybridized carbons (Fsp3) is 0.345. The molecule has 8 heteroatoms. The topological polar surface area (TPSA) is 106 Å². The van der Waals surface area contributed by atoms with Gasteiger partial charge >= 0.3 is 0 Å². The molecular formula is C29H29N5O3. The van der Waals surface area contributed by atoms with Crippen molar-refractivity contribution in [2.24, 2.45) is 5.92 Å². The van der Waals surface area contributed by atoms with E-state index >= 15 is 0 Å². The number of nitrogens with one attached hydrogen (secondary N) is 1. The summed E-state index contributed by atoms with van der Waals surface area (Å²) in [5.41, 5.74) is 1.72. The van der Waals surface area contributed by atoms with Crippen LogP contribution in [0.3, 0.4) is 0 Å². The SMILES string of the molecule is CC(C)C[C@@H](C(=O)N1C[C@]2(C[C@H]1C#N)C(=O)Nc1ccccc12)N(C)C(=O)c1cccc2ncccc12. The lowest BCUT2D eigenvalue weighted by atomic mass is 9.80. The van der Waals surface area contributed by atoms with Crippen LogP contribution in [0, 0.1) is 17.2 Å². The van der Waals surface area contributed by atoms with Crippen molar-refractivity contribution in [3.05, 3.63) is 71.9 Å². The number of rotatable bonds is 5. The van der Waals surface area contributed by atoms with E-state index in [1.54, 1.807) is 31.4 Å². The van der Waals surface area contributed by atoms with E-state index in [9.17, 15) is 19.6 Å². The lowest BCUT2D eigenvalue weighted by Crippen LogP contribution is -2.52. The number of nitriles is 1. The van der Waals surface area contributed by atoms with Gasteiger partial charge in [0, 0.05) is 42.8 Å². The lowest BCUT2D eigenvalue weighted by Gasteiger charge is -2.33. The van der Waals surface area contributed by atoms with Crippen LogP contribution in [0.2, 0.25) is 0 Å². The maximum atomic E-state index is 14.1. The van der Waals surface area contributed by atoms with Crippen LogP contribution < -0.4 is 5.32 Å². The standard InChI is InChI=1S/C29H29N5O3/c1-18(2)14-25(33(3)26(35)21-8-6-12-23-20(21)9-7-13-31-23)27(36)34-17-29(15-19(34)16-30)22-10-4-5-11-24(22)32-28(29)37/h4-13,18-19,25H,14-15,17H2,1-3H3,(H,32,37)/t19-,25-,29-/m0/s1. The Balaban J connectivity index is 1.48. The molecule has 3 aromatic rings. The number of hydrogen-bond acceptors (Lipinski definition) is 5. The van der Waals surface area contributed by atoms with Crippen molar-refractivity contribution in [3.63, 3.8) is 0 Å². The Morgan fingerprint density at radius 3 is 2.73 bits per heavy atom. The number of amides is 3. The summed E-state index contributed by atoms with van der Waals surface area (Å²) < 4.78 is 0. The summed E-state index contributed by atoms with van der Waals surface area (Å²) in [7, 11) is 1.63. The van der Waals surface area contributed by atoms with Gasteiger partial charge in [0.2, 0.25) is 11.8 Å². The third kappa shape index (κ3) is 4.01. The van der Waals surface area contributed by atoms with Crippen LogP contribution in [0.15, 0.2) is 60.8 Å². The molecule has 0 radical (unpaired) electrons. The minimum atomic E-state index is -0.973. The van der Waals surface area contributed by atoms with Gasteiger partial charge in [0.15, 0.2) is 0 Å². The van der Waals surface area contributed by atoms with Gasteiger partial charge in [-0.2, -0.15) is 5.26 Å². The summed E-state index contributed by atoms with van der Waals surface area (Å²) >= 11 is 0. The minimum absolute atomic E-state index is 0.0989. The number of carbonyl (C=O) groups is 3. The molecule has 3 heterocycles. The maximum absolute atomic E-state index is 14.1. The van der Waals surface area contributed by atoms with Gasteiger partial charge in [-0.05, 0) is 42.2 Å². The molecular weight excluding hydrogens is 466 g/mol. The number of nitrogens with zero attached hydrogens (tertiary/aromatic N) is 4. The summed E-state index contributed by atoms with van der Waals surface area (Å²) in [6, 6.07) is 17.1. The van der Waals surface area contributed by atoms with E-state index in [4.69, 9.17) is 0 Å². The van der Waals surface area contributed by atoms with Crippen LogP contribution in [-0.4, -0.2) is 58.2 Å². The molecule has 0 saturated carbocycles. The van der Waals surface area contributed by atoms with Gasteiger partial charge in [-0.15, -0.1) is 0 Å². The number of anilines is 1. The highest BCUT2D eigenvalue weighted by atomic mass is 16.2. The van der Waals surface area contributed by atoms with Gasteiger partial charge < -0.3 is 15.1 Å². The molecule has 3 amide bonds. The zero-order valence-electron chi connectivity index (χ0n) is 21.1. The van der Waals surface area contributed by atoms with E-state index in [0.717, 1.165) is 5.56 Å². The Kier molecular flexibility index (Phi) is 6.16. The third-order valence-electron chi connectivity index (χ3n) is 7.56. The summed E-state index contributed by atoms with van der Waals surface area (Å²) in [6.45, 7) is 4.09. The maximum Gasteiger partial charge on any atom is 0.254 e. The quantitative estimate of drug-likeness (QED) is 0.580. The smallest absolute Gasteiger partial charge is 0.254 e. The first-order chi connectivity index (χ1) is 17.8. The van der Waals surface area contributed by atoms with Crippen molar-refractivity contribution in [1.82, 2.24) is 14.8 Å². The van der Waals surface area contributed by atoms with Crippen molar-refractivity contribution in [2.45, 2.75) is 44.2 Å². The zero-order chi connectivity index (χ0) is 26.3. The molecule has 1 aromatic heterocycles. The predicted octanol–water partition coefficient (Wildman–Crippen LogP) is 3.74. The number of fused-ring (bicyclic) bond motifs is 3. The predicted molar refractivity (Wildman–Crippen MR) is 140 cm³/mol. The third-order valence-corrected chi connectivity index (χ3v) is 7.56. The number of carbonyl (C=O) groups excluding carboxylic acids is 3. The molecule has 8 nitrogen and oxygen atoms in total. The molecule has 37 heavy (non-hydrogen) atoms. The summed E-state index contributed by atoms with van der Waals surface area (Å²) in [5, 5.41) is 13.6. The van der Waals surface area contributed by atoms with Crippen LogP contribution in [0.25, 0.3) is 10.9 Å². The van der Waals surface area contributed by atoms with Gasteiger partial charge in [-0.3, -0.25) is 19.4 Å². The highest BCUT2D eigenvalue weighted by molar-refractivity contribution is 6.09. The average molecular weight is 496 g/mol. The summed E-state index contributed by atoms with van der Waals surface area (Å²) in [6.07, 6.45) is 2.32. The van der Waals surface area contributed by atoms with Gasteiger partial charge in [-0.1, -0.05) is 44.2 Å². The lowest BCUT2D eigenvalue weighted by molar-refractivity contribution is -0.136. The first kappa shape index (κ1) is 24.4. The Morgan fingerprint density at radius 2 is 1.97 bits per heavy atom. The van der Waals surface area contributed by atoms with Crippen LogP contribution >= 0.6 is 0 Å². The molecule has 5 rings (SSSR count). The number of benzene rings is 2. The second-order valence-corrected chi connectivity index (χ2v) is 10.3. The molecule has 1 N–H and O–H groups in total. The first-order valence-corrected chi connectivity index (χ1v) is 12.5. The number of para-hydroxylation sites is 1. The number of hydrogen-bond donors (Lipinski definition) is 1. The van der Waals surface area contributed by atoms with Crippen LogP contribution in [0.5, 0.6) is 0 Å². The van der Waals surface area contributed by atoms with Gasteiger partial charge in [0.05, 0.1) is 17.0 Å². The Hall–Kier alpha value is -4.25. The van der Waals surface area contributed by atoms with Crippen LogP contribution in [0.1, 0.15) is 42.6 Å². The largest absolute Gasteiger partial charge is 0.330 e. The molecule has 2 aliphatic rings. The average Bonchev–Trinajstić information content (AvgIpc) is 3.43. The van der Waals surface area contributed by atoms with E-state index in [1.165, 1.54) is 9.80 Å². The molecule has 1 spiro atoms. The Morgan fingerprint density at radius 1 is 1.19 bits per heavy atom. The van der Waals surface area contributed by atoms with Crippen molar-refractivity contribution < 1.29 is 14.4 Å². The van der Waals surface area contributed by atoms with Gasteiger partial charge in [0.1, 0.15) is 12.1 Å². The molecule has 2 aliphatic heterocycles. The highest BCUT2D eigenvalue weighted by Gasteiger charge is 2.56. The van der Waals surface area contributed by atoms with E-state index in [-0.39, 0.29) is 36.6 Å². The second kappa shape index (κ2) is 9.32. The number of aromatic nitrogens is 1. The summed E-state index contributed by atoms with van der Waals surface area (Å²) in [4.78, 5) is 48.3. The normalized spacial score (nSPS) is 21.1. The fourth-order valence-corrected chi connectivity index (χ4v) is 5.67. The van der Waals surface area contributed by atoms with Gasteiger partial charge in [0.25, 0.3) is 5.91 Å². The van der Waals surface area contributed by atoms with Crippen molar-refractivity contribution in [3.8, 4) is 6.07 Å². The van der Waals surface area contributed by atoms with Crippen molar-refractivity contribution in [1.29, 1.82) is 5.26 Å². The van der Waals surface area contributed by atoms with E-state index < -0.39 is 17.5 Å². The molecule has 2 aromatic carbocycles. The molecule has 1 fully saturated rings. The number of likely N-dealkylation sites (N-methyl/N-ethyl adjacent to an activating group) is 1. The van der Waals surface area contributed by atoms with Crippen molar-refractivity contribution >= 4 is 34.3 Å². The molecule has 188 valence electrons. The molecule has 0 aliphatic carbocycles. The first-order valence-electron chi connectivity index (χ1n) is 12.5. The van der Waals surface area contributed by atoms with Crippen LogP contribution in [0.4, 0.5) is 5.69 Å². The monoisotopic (exact) mass is 495 g/mol. The van der Waals surface area contributed by atoms with Gasteiger partial charge in [-0.25, -0.2) is 0 Å². The minimum Gasteiger partial charge on any atom is -0.330 e. The highest BCUT2D eigenvalue weighted by Crippen LogP contribution is 2.46. The van der Waals surface area contributed by atoms with E-state index in [0.29, 0.717) is 28.6 Å².